The van der Waals surface area contributed by atoms with Crippen LogP contribution in [0.3, 0.4) is 0 Å². The first-order chi connectivity index (χ1) is 26.6. The Bertz CT molecular complexity index is 2050. The highest BCUT2D eigenvalue weighted by atomic mass is 16.6. The summed E-state index contributed by atoms with van der Waals surface area (Å²) in [6, 6.07) is 15.8. The van der Waals surface area contributed by atoms with Crippen LogP contribution in [0.2, 0.25) is 0 Å². The average Bonchev–Trinajstić information content (AvgIpc) is 3.49. The lowest BCUT2D eigenvalue weighted by Crippen LogP contribution is -2.47. The number of aryl methyl sites for hydroxylation is 2. The van der Waals surface area contributed by atoms with Crippen LogP contribution in [0, 0.1) is 6.92 Å². The normalized spacial score (nSPS) is 13.3. The van der Waals surface area contributed by atoms with E-state index in [1.807, 2.05) is 30.0 Å². The monoisotopic (exact) mass is 769 g/mol. The zero-order chi connectivity index (χ0) is 40.6. The van der Waals surface area contributed by atoms with Crippen molar-refractivity contribution in [2.24, 2.45) is 7.05 Å². The van der Waals surface area contributed by atoms with E-state index in [-0.39, 0.29) is 30.0 Å². The Labute approximate surface area is 329 Å². The van der Waals surface area contributed by atoms with Gasteiger partial charge >= 0.3 is 6.09 Å². The number of aromatic nitrogens is 2. The summed E-state index contributed by atoms with van der Waals surface area (Å²) in [7, 11) is 7.02. The van der Waals surface area contributed by atoms with Crippen LogP contribution in [0.1, 0.15) is 78.6 Å². The van der Waals surface area contributed by atoms with Gasteiger partial charge in [-0.1, -0.05) is 12.1 Å². The van der Waals surface area contributed by atoms with Crippen molar-refractivity contribution in [3.63, 3.8) is 0 Å². The number of nitrogens with zero attached hydrogens (tertiary/aromatic N) is 5. The van der Waals surface area contributed by atoms with E-state index in [2.05, 4.69) is 27.6 Å². The number of carbonyl (C=O) groups excluding carboxylic acids is 4. The maximum Gasteiger partial charge on any atom is 0.408 e. The predicted molar refractivity (Wildman–Crippen MR) is 217 cm³/mol. The van der Waals surface area contributed by atoms with Crippen LogP contribution < -0.4 is 25.0 Å². The van der Waals surface area contributed by atoms with Gasteiger partial charge in [0.15, 0.2) is 0 Å². The summed E-state index contributed by atoms with van der Waals surface area (Å²) >= 11 is 0. The Balaban J connectivity index is 1.21. The van der Waals surface area contributed by atoms with Crippen LogP contribution in [-0.4, -0.2) is 103 Å². The fraction of sp³-hybridized carbons (Fsp3) is 0.452. The molecule has 0 aliphatic carbocycles. The minimum atomic E-state index is -0.638. The summed E-state index contributed by atoms with van der Waals surface area (Å²) in [4.78, 5) is 62.7. The molecule has 0 bridgehead atoms. The first-order valence-electron chi connectivity index (χ1n) is 19.0. The van der Waals surface area contributed by atoms with E-state index in [0.717, 1.165) is 51.0 Å². The Morgan fingerprint density at radius 3 is 2.36 bits per heavy atom. The number of imidazole rings is 1. The number of anilines is 2. The summed E-state index contributed by atoms with van der Waals surface area (Å²) in [5.41, 5.74) is 3.27. The number of alkyl carbamates (subject to hydrolysis) is 1. The molecule has 1 saturated heterocycles. The van der Waals surface area contributed by atoms with E-state index in [0.29, 0.717) is 58.1 Å². The Morgan fingerprint density at radius 1 is 0.893 bits per heavy atom. The number of ether oxygens (including phenoxy) is 3. The van der Waals surface area contributed by atoms with Gasteiger partial charge in [0.1, 0.15) is 22.9 Å². The lowest BCUT2D eigenvalue weighted by atomic mass is 10.1. The van der Waals surface area contributed by atoms with Gasteiger partial charge in [-0.3, -0.25) is 14.4 Å². The van der Waals surface area contributed by atoms with E-state index in [1.165, 1.54) is 12.0 Å². The zero-order valence-corrected chi connectivity index (χ0v) is 33.9. The number of benzene rings is 3. The smallest absolute Gasteiger partial charge is 0.408 e. The quantitative estimate of drug-likeness (QED) is 0.144. The van der Waals surface area contributed by atoms with Gasteiger partial charge in [0.05, 0.1) is 48.1 Å². The molecule has 1 aliphatic heterocycles. The molecule has 1 aromatic heterocycles. The Kier molecular flexibility index (Phi) is 13.6. The topological polar surface area (TPSA) is 148 Å². The summed E-state index contributed by atoms with van der Waals surface area (Å²) in [5, 5.41) is 5.64. The number of fused-ring (bicyclic) bond motifs is 1. The van der Waals surface area contributed by atoms with Crippen LogP contribution in [0.5, 0.6) is 11.5 Å². The predicted octanol–water partition coefficient (Wildman–Crippen LogP) is 6.16. The van der Waals surface area contributed by atoms with Gasteiger partial charge in [0.2, 0.25) is 5.91 Å². The standard InChI is InChI=1S/C42H55N7O7/c1-28-16-19-33(35(25-28)55-24-11-9-10-15-37(50)49-22-20-46(5)21-23-49)47(6)40(52)30-18-17-29(26-34(30)54-8)44-39(51)31-13-12-14-32-38(31)48(7)36(45-32)27-43-41(53)56-42(2,3)4/h12-14,16-19,25-26H,9-11,15,20-24,27H2,1-8H3,(H,43,53)(H,44,51). The highest BCUT2D eigenvalue weighted by Crippen LogP contribution is 2.33. The van der Waals surface area contributed by atoms with Crippen molar-refractivity contribution >= 4 is 46.2 Å². The zero-order valence-electron chi connectivity index (χ0n) is 33.9. The van der Waals surface area contributed by atoms with Crippen molar-refractivity contribution in [2.75, 3.05) is 64.2 Å². The van der Waals surface area contributed by atoms with Gasteiger partial charge in [-0.2, -0.15) is 0 Å². The molecule has 0 radical (unpaired) electrons. The molecule has 0 spiro atoms. The number of amides is 4. The van der Waals surface area contributed by atoms with E-state index in [4.69, 9.17) is 14.2 Å². The molecular formula is C42H55N7O7. The number of hydrogen-bond donors (Lipinski definition) is 2. The number of unbranched alkanes of at least 4 members (excludes halogenated alkanes) is 2. The first-order valence-corrected chi connectivity index (χ1v) is 19.0. The number of rotatable bonds is 14. The highest BCUT2D eigenvalue weighted by Gasteiger charge is 2.24. The molecule has 0 saturated carbocycles. The van der Waals surface area contributed by atoms with Crippen molar-refractivity contribution in [3.8, 4) is 11.5 Å². The molecule has 56 heavy (non-hydrogen) atoms. The lowest BCUT2D eigenvalue weighted by molar-refractivity contribution is -0.132. The first kappa shape index (κ1) is 41.5. The second-order valence-corrected chi connectivity index (χ2v) is 15.2. The van der Waals surface area contributed by atoms with Crippen LogP contribution in [0.15, 0.2) is 54.6 Å². The third-order valence-electron chi connectivity index (χ3n) is 9.64. The maximum absolute atomic E-state index is 13.9. The van der Waals surface area contributed by atoms with E-state index in [9.17, 15) is 19.2 Å². The molecule has 4 aromatic rings. The second kappa shape index (κ2) is 18.3. The van der Waals surface area contributed by atoms with E-state index in [1.54, 1.807) is 75.8 Å². The van der Waals surface area contributed by atoms with Crippen LogP contribution in [0.25, 0.3) is 11.0 Å². The molecule has 14 nitrogen and oxygen atoms in total. The number of carbonyl (C=O) groups is 4. The molecule has 3 aromatic carbocycles. The second-order valence-electron chi connectivity index (χ2n) is 15.2. The number of hydrogen-bond acceptors (Lipinski definition) is 9. The van der Waals surface area contributed by atoms with Crippen LogP contribution >= 0.6 is 0 Å². The molecular weight excluding hydrogens is 715 g/mol. The highest BCUT2D eigenvalue weighted by molar-refractivity contribution is 6.12. The van der Waals surface area contributed by atoms with E-state index < -0.39 is 11.7 Å². The Hall–Kier alpha value is -5.63. The van der Waals surface area contributed by atoms with Crippen molar-refractivity contribution in [3.05, 3.63) is 77.1 Å². The molecule has 5 rings (SSSR count). The number of piperazine rings is 1. The van der Waals surface area contributed by atoms with Gasteiger partial charge in [-0.25, -0.2) is 9.78 Å². The number of methoxy groups -OCH3 is 1. The average molecular weight is 770 g/mol. The van der Waals surface area contributed by atoms with Crippen molar-refractivity contribution < 1.29 is 33.4 Å². The summed E-state index contributed by atoms with van der Waals surface area (Å²) < 4.78 is 18.9. The number of para-hydroxylation sites is 1. The summed E-state index contributed by atoms with van der Waals surface area (Å²) in [6.45, 7) is 11.3. The molecule has 0 unspecified atom stereocenters. The number of likely N-dealkylation sites (N-methyl/N-ethyl adjacent to an activating group) is 1. The van der Waals surface area contributed by atoms with Crippen molar-refractivity contribution in [1.29, 1.82) is 0 Å². The summed E-state index contributed by atoms with van der Waals surface area (Å²) in [5.74, 6) is 0.941. The van der Waals surface area contributed by atoms with Gasteiger partial charge in [-0.15, -0.1) is 0 Å². The fourth-order valence-electron chi connectivity index (χ4n) is 6.52. The van der Waals surface area contributed by atoms with Crippen molar-refractivity contribution in [1.82, 2.24) is 24.7 Å². The van der Waals surface area contributed by atoms with Crippen molar-refractivity contribution in [2.45, 2.75) is 65.5 Å². The van der Waals surface area contributed by atoms with Crippen LogP contribution in [0.4, 0.5) is 16.2 Å². The third kappa shape index (κ3) is 10.6. The SMILES string of the molecule is COc1cc(NC(=O)c2cccc3nc(CNC(=O)OC(C)(C)C)n(C)c23)ccc1C(=O)N(C)c1ccc(C)cc1OCCCCCC(=O)N1CCN(C)CC1. The molecule has 1 fully saturated rings. The molecule has 2 heterocycles. The largest absolute Gasteiger partial charge is 0.496 e. The fourth-order valence-corrected chi connectivity index (χ4v) is 6.52. The van der Waals surface area contributed by atoms with Crippen LogP contribution in [-0.2, 0) is 23.1 Å². The molecule has 2 N–H and O–H groups in total. The van der Waals surface area contributed by atoms with Gasteiger partial charge in [0.25, 0.3) is 11.8 Å². The van der Waals surface area contributed by atoms with Gasteiger partial charge in [-0.05, 0) is 96.0 Å². The Morgan fingerprint density at radius 2 is 1.64 bits per heavy atom. The molecule has 14 heteroatoms. The van der Waals surface area contributed by atoms with Gasteiger partial charge < -0.3 is 44.1 Å². The minimum absolute atomic E-state index is 0.110. The lowest BCUT2D eigenvalue weighted by Gasteiger charge is -2.32. The molecule has 300 valence electrons. The van der Waals surface area contributed by atoms with Gasteiger partial charge in [0, 0.05) is 58.4 Å². The number of nitrogens with one attached hydrogen (secondary N) is 2. The van der Waals surface area contributed by atoms with E-state index >= 15 is 0 Å². The minimum Gasteiger partial charge on any atom is -0.496 e. The molecule has 1 aliphatic rings. The summed E-state index contributed by atoms with van der Waals surface area (Å²) in [6.07, 6.45) is 2.42. The third-order valence-corrected chi connectivity index (χ3v) is 9.64. The molecule has 4 amide bonds. The molecule has 0 atom stereocenters. The maximum atomic E-state index is 13.9.